The van der Waals surface area contributed by atoms with Gasteiger partial charge in [0, 0.05) is 24.2 Å². The summed E-state index contributed by atoms with van der Waals surface area (Å²) in [6.45, 7) is 5.83. The molecule has 4 heteroatoms. The SMILES string of the molecule is CCOCC1=C(C2=CCCC2)[C@@]23CCC[C@@H]2C(OCC)=C[C@@]13OC(=O)Cc1ccccc1. The van der Waals surface area contributed by atoms with Gasteiger partial charge in [0.25, 0.3) is 0 Å². The monoisotopic (exact) mass is 434 g/mol. The van der Waals surface area contributed by atoms with Crippen LogP contribution in [0.1, 0.15) is 57.9 Å². The summed E-state index contributed by atoms with van der Waals surface area (Å²) in [5, 5.41) is 0. The molecule has 0 amide bonds. The van der Waals surface area contributed by atoms with Crippen LogP contribution < -0.4 is 0 Å². The molecule has 0 unspecified atom stereocenters. The maximum atomic E-state index is 13.3. The summed E-state index contributed by atoms with van der Waals surface area (Å²) in [6.07, 6.45) is 11.5. The van der Waals surface area contributed by atoms with Crippen LogP contribution in [0.15, 0.2) is 65.0 Å². The Morgan fingerprint density at radius 1 is 1.12 bits per heavy atom. The molecule has 0 aliphatic heterocycles. The predicted molar refractivity (Wildman–Crippen MR) is 124 cm³/mol. The molecule has 3 atom stereocenters. The molecule has 170 valence electrons. The quantitative estimate of drug-likeness (QED) is 0.469. The van der Waals surface area contributed by atoms with Crippen molar-refractivity contribution in [3.63, 3.8) is 0 Å². The first-order chi connectivity index (χ1) is 15.7. The lowest BCUT2D eigenvalue weighted by atomic mass is 9.50. The van der Waals surface area contributed by atoms with Crippen molar-refractivity contribution in [1.29, 1.82) is 0 Å². The van der Waals surface area contributed by atoms with E-state index in [1.54, 1.807) is 0 Å². The summed E-state index contributed by atoms with van der Waals surface area (Å²) >= 11 is 0. The maximum absolute atomic E-state index is 13.3. The molecule has 0 N–H and O–H groups in total. The number of benzene rings is 1. The van der Waals surface area contributed by atoms with E-state index < -0.39 is 5.60 Å². The van der Waals surface area contributed by atoms with Gasteiger partial charge in [-0.3, -0.25) is 4.79 Å². The molecular weight excluding hydrogens is 400 g/mol. The molecule has 1 aromatic rings. The number of hydrogen-bond acceptors (Lipinski definition) is 4. The van der Waals surface area contributed by atoms with Crippen LogP contribution in [0.5, 0.6) is 0 Å². The molecule has 0 aromatic heterocycles. The van der Waals surface area contributed by atoms with E-state index >= 15 is 0 Å². The van der Waals surface area contributed by atoms with Gasteiger partial charge in [0.1, 0.15) is 5.76 Å². The number of carbonyl (C=O) groups is 1. The molecule has 1 spiro atoms. The van der Waals surface area contributed by atoms with Crippen LogP contribution in [-0.4, -0.2) is 31.4 Å². The van der Waals surface area contributed by atoms with Gasteiger partial charge < -0.3 is 14.2 Å². The lowest BCUT2D eigenvalue weighted by molar-refractivity contribution is -0.165. The van der Waals surface area contributed by atoms with E-state index in [2.05, 4.69) is 12.2 Å². The zero-order valence-corrected chi connectivity index (χ0v) is 19.3. The number of rotatable bonds is 9. The molecule has 4 aliphatic rings. The van der Waals surface area contributed by atoms with Gasteiger partial charge in [-0.2, -0.15) is 0 Å². The van der Waals surface area contributed by atoms with Gasteiger partial charge >= 0.3 is 5.97 Å². The Balaban J connectivity index is 1.57. The summed E-state index contributed by atoms with van der Waals surface area (Å²) in [4.78, 5) is 13.3. The highest BCUT2D eigenvalue weighted by atomic mass is 16.6. The molecule has 1 fully saturated rings. The number of hydrogen-bond donors (Lipinski definition) is 0. The zero-order valence-electron chi connectivity index (χ0n) is 19.3. The van der Waals surface area contributed by atoms with Crippen molar-refractivity contribution in [2.24, 2.45) is 11.3 Å². The summed E-state index contributed by atoms with van der Waals surface area (Å²) in [7, 11) is 0. The summed E-state index contributed by atoms with van der Waals surface area (Å²) in [5.74, 6) is 1.12. The molecule has 0 bridgehead atoms. The van der Waals surface area contributed by atoms with Gasteiger partial charge in [-0.1, -0.05) is 42.8 Å². The molecule has 5 rings (SSSR count). The van der Waals surface area contributed by atoms with Gasteiger partial charge in [0.15, 0.2) is 5.60 Å². The normalized spacial score (nSPS) is 30.4. The Morgan fingerprint density at radius 2 is 1.97 bits per heavy atom. The van der Waals surface area contributed by atoms with E-state index in [0.717, 1.165) is 49.0 Å². The molecule has 4 aliphatic carbocycles. The van der Waals surface area contributed by atoms with Crippen LogP contribution in [0.3, 0.4) is 0 Å². The third-order valence-corrected chi connectivity index (χ3v) is 7.80. The van der Waals surface area contributed by atoms with Crippen molar-refractivity contribution in [2.75, 3.05) is 19.8 Å². The number of allylic oxidation sites excluding steroid dienone is 3. The Labute approximate surface area is 191 Å². The maximum Gasteiger partial charge on any atom is 0.311 e. The van der Waals surface area contributed by atoms with Crippen LogP contribution in [0, 0.1) is 11.3 Å². The lowest BCUT2D eigenvalue weighted by Crippen LogP contribution is -2.61. The standard InChI is InChI=1S/C28H34O4/c1-3-30-19-23-26(21-13-8-9-14-21)27-16-10-15-22(27)24(31-4-2)18-28(23,27)32-25(29)17-20-11-6-5-7-12-20/h5-7,11-13,18,22H,3-4,8-10,14-17,19H2,1-2H3/t22-,27-,28-/m1/s1. The van der Waals surface area contributed by atoms with E-state index in [1.165, 1.54) is 17.6 Å². The average molecular weight is 435 g/mol. The van der Waals surface area contributed by atoms with Crippen molar-refractivity contribution in [1.82, 2.24) is 0 Å². The van der Waals surface area contributed by atoms with Gasteiger partial charge in [-0.25, -0.2) is 0 Å². The number of carbonyl (C=O) groups excluding carboxylic acids is 1. The fourth-order valence-electron chi connectivity index (χ4n) is 6.73. The van der Waals surface area contributed by atoms with E-state index in [4.69, 9.17) is 14.2 Å². The van der Waals surface area contributed by atoms with E-state index in [-0.39, 0.29) is 23.7 Å². The number of ether oxygens (including phenoxy) is 3. The Hall–Kier alpha value is -2.33. The third kappa shape index (κ3) is 3.10. The highest BCUT2D eigenvalue weighted by Crippen LogP contribution is 2.74. The first-order valence-corrected chi connectivity index (χ1v) is 12.3. The van der Waals surface area contributed by atoms with Gasteiger partial charge in [0.05, 0.1) is 25.0 Å². The summed E-state index contributed by atoms with van der Waals surface area (Å²) < 4.78 is 18.6. The van der Waals surface area contributed by atoms with Crippen molar-refractivity contribution in [2.45, 2.75) is 64.4 Å². The van der Waals surface area contributed by atoms with Gasteiger partial charge in [0.2, 0.25) is 0 Å². The molecule has 4 nitrogen and oxygen atoms in total. The molecule has 1 saturated carbocycles. The summed E-state index contributed by atoms with van der Waals surface area (Å²) in [6, 6.07) is 9.86. The first kappa shape index (κ1) is 21.5. The van der Waals surface area contributed by atoms with Crippen LogP contribution in [0.25, 0.3) is 0 Å². The Kier molecular flexibility index (Phi) is 5.75. The van der Waals surface area contributed by atoms with Crippen LogP contribution in [0.2, 0.25) is 0 Å². The minimum Gasteiger partial charge on any atom is -0.498 e. The molecule has 32 heavy (non-hydrogen) atoms. The highest BCUT2D eigenvalue weighted by molar-refractivity contribution is 5.77. The second kappa shape index (κ2) is 8.55. The van der Waals surface area contributed by atoms with Gasteiger partial charge in [-0.05, 0) is 62.7 Å². The fourth-order valence-corrected chi connectivity index (χ4v) is 6.73. The van der Waals surface area contributed by atoms with Crippen LogP contribution in [0.4, 0.5) is 0 Å². The number of esters is 1. The van der Waals surface area contributed by atoms with E-state index in [1.807, 2.05) is 44.2 Å². The van der Waals surface area contributed by atoms with Crippen molar-refractivity contribution in [3.05, 3.63) is 70.5 Å². The minimum absolute atomic E-state index is 0.177. The summed E-state index contributed by atoms with van der Waals surface area (Å²) in [5.41, 5.74) is 4.07. The zero-order chi connectivity index (χ0) is 22.2. The van der Waals surface area contributed by atoms with Crippen molar-refractivity contribution < 1.29 is 19.0 Å². The topological polar surface area (TPSA) is 44.8 Å². The highest BCUT2D eigenvalue weighted by Gasteiger charge is 2.75. The molecule has 0 saturated heterocycles. The Bertz CT molecular complexity index is 972. The molecule has 0 radical (unpaired) electrons. The average Bonchev–Trinajstić information content (AvgIpc) is 3.50. The second-order valence-corrected chi connectivity index (χ2v) is 9.38. The Morgan fingerprint density at radius 3 is 2.69 bits per heavy atom. The van der Waals surface area contributed by atoms with Crippen LogP contribution >= 0.6 is 0 Å². The minimum atomic E-state index is -0.738. The third-order valence-electron chi connectivity index (χ3n) is 7.80. The first-order valence-electron chi connectivity index (χ1n) is 12.3. The predicted octanol–water partition coefficient (Wildman–Crippen LogP) is 5.69. The van der Waals surface area contributed by atoms with E-state index in [0.29, 0.717) is 19.8 Å². The molecule has 0 heterocycles. The largest absolute Gasteiger partial charge is 0.498 e. The smallest absolute Gasteiger partial charge is 0.311 e. The molecular formula is C28H34O4. The molecule has 1 aromatic carbocycles. The van der Waals surface area contributed by atoms with Crippen LogP contribution in [-0.2, 0) is 25.4 Å². The lowest BCUT2D eigenvalue weighted by Gasteiger charge is -2.57. The van der Waals surface area contributed by atoms with Crippen molar-refractivity contribution in [3.8, 4) is 0 Å². The van der Waals surface area contributed by atoms with Gasteiger partial charge in [-0.15, -0.1) is 0 Å². The fraction of sp³-hybridized carbons (Fsp3) is 0.536. The van der Waals surface area contributed by atoms with E-state index in [9.17, 15) is 4.79 Å². The van der Waals surface area contributed by atoms with Crippen molar-refractivity contribution >= 4 is 5.97 Å². The second-order valence-electron chi connectivity index (χ2n) is 9.38.